The molecule has 0 aliphatic carbocycles. The van der Waals surface area contributed by atoms with E-state index in [4.69, 9.17) is 0 Å². The van der Waals surface area contributed by atoms with Crippen LogP contribution in [-0.4, -0.2) is 13.2 Å². The number of hydrogen-bond acceptors (Lipinski definition) is 2. The van der Waals surface area contributed by atoms with Crippen LogP contribution in [0.3, 0.4) is 0 Å². The number of ether oxygens (including phenoxy) is 1. The second-order valence-electron chi connectivity index (χ2n) is 5.55. The Bertz CT molecular complexity index is 748. The first-order valence-electron chi connectivity index (χ1n) is 7.24. The number of alkyl halides is 2. The third-order valence-corrected chi connectivity index (χ3v) is 4.61. The van der Waals surface area contributed by atoms with Crippen molar-refractivity contribution < 1.29 is 13.5 Å². The van der Waals surface area contributed by atoms with Gasteiger partial charge in [-0.25, -0.2) is 0 Å². The summed E-state index contributed by atoms with van der Waals surface area (Å²) < 4.78 is 30.4. The summed E-state index contributed by atoms with van der Waals surface area (Å²) >= 11 is 3.51. The monoisotopic (exact) mass is 379 g/mol. The van der Waals surface area contributed by atoms with Crippen LogP contribution in [0.15, 0.2) is 59.2 Å². The first kappa shape index (κ1) is 16.0. The zero-order valence-corrected chi connectivity index (χ0v) is 14.1. The van der Waals surface area contributed by atoms with E-state index in [1.54, 1.807) is 13.0 Å². The third-order valence-electron chi connectivity index (χ3n) is 4.11. The predicted octanol–water partition coefficient (Wildman–Crippen LogP) is 4.76. The van der Waals surface area contributed by atoms with Gasteiger partial charge in [0.05, 0.1) is 5.41 Å². The summed E-state index contributed by atoms with van der Waals surface area (Å²) in [5, 5.41) is 3.25. The first-order valence-corrected chi connectivity index (χ1v) is 8.04. The van der Waals surface area contributed by atoms with E-state index in [1.165, 1.54) is 0 Å². The van der Waals surface area contributed by atoms with Crippen LogP contribution in [0.4, 0.5) is 8.78 Å². The van der Waals surface area contributed by atoms with Gasteiger partial charge in [-0.05, 0) is 48.0 Å². The van der Waals surface area contributed by atoms with Crippen molar-refractivity contribution in [3.63, 3.8) is 0 Å². The molecular weight excluding hydrogens is 364 g/mol. The maximum absolute atomic E-state index is 12.4. The summed E-state index contributed by atoms with van der Waals surface area (Å²) in [6.45, 7) is -0.313. The third kappa shape index (κ3) is 3.11. The van der Waals surface area contributed by atoms with E-state index >= 15 is 0 Å². The molecule has 2 nitrogen and oxygen atoms in total. The molecule has 2 aromatic rings. The van der Waals surface area contributed by atoms with Crippen LogP contribution in [-0.2, 0) is 5.41 Å². The lowest BCUT2D eigenvalue weighted by Crippen LogP contribution is -2.31. The van der Waals surface area contributed by atoms with Crippen molar-refractivity contribution in [3.8, 4) is 5.75 Å². The predicted molar refractivity (Wildman–Crippen MR) is 89.9 cm³/mol. The molecule has 2 aromatic carbocycles. The van der Waals surface area contributed by atoms with Crippen molar-refractivity contribution in [1.82, 2.24) is 5.32 Å². The summed E-state index contributed by atoms with van der Waals surface area (Å²) in [5.41, 5.74) is 2.54. The van der Waals surface area contributed by atoms with Crippen LogP contribution in [0, 0.1) is 6.92 Å². The van der Waals surface area contributed by atoms with Crippen molar-refractivity contribution >= 4 is 15.9 Å². The van der Waals surface area contributed by atoms with Gasteiger partial charge in [-0.3, -0.25) is 0 Å². The molecular formula is C18H16BrF2NO. The molecule has 0 aromatic heterocycles. The van der Waals surface area contributed by atoms with Gasteiger partial charge in [-0.15, -0.1) is 0 Å². The Labute approximate surface area is 142 Å². The van der Waals surface area contributed by atoms with Gasteiger partial charge < -0.3 is 10.1 Å². The van der Waals surface area contributed by atoms with Gasteiger partial charge in [0.1, 0.15) is 5.75 Å². The standard InChI is InChI=1S/C18H16BrF2NO/c1-12-9-14(5-6-16(12)23-17(20)21)18(7-8-22-11-18)13-3-2-4-15(19)10-13/h2-10,17,22H,11H2,1H3/t18-/m0/s1. The molecule has 0 spiro atoms. The first-order chi connectivity index (χ1) is 11.0. The van der Waals surface area contributed by atoms with E-state index in [1.807, 2.05) is 30.5 Å². The second-order valence-corrected chi connectivity index (χ2v) is 6.47. The largest absolute Gasteiger partial charge is 0.435 e. The summed E-state index contributed by atoms with van der Waals surface area (Å²) in [7, 11) is 0. The molecule has 0 fully saturated rings. The molecule has 0 bridgehead atoms. The number of aryl methyl sites for hydroxylation is 1. The van der Waals surface area contributed by atoms with E-state index in [0.29, 0.717) is 5.56 Å². The molecule has 0 amide bonds. The lowest BCUT2D eigenvalue weighted by atomic mass is 9.75. The zero-order valence-electron chi connectivity index (χ0n) is 12.5. The highest BCUT2D eigenvalue weighted by Gasteiger charge is 2.34. The molecule has 1 aliphatic rings. The smallest absolute Gasteiger partial charge is 0.387 e. The molecule has 3 rings (SSSR count). The van der Waals surface area contributed by atoms with Crippen molar-refractivity contribution in [2.24, 2.45) is 0 Å². The molecule has 23 heavy (non-hydrogen) atoms. The van der Waals surface area contributed by atoms with Crippen LogP contribution >= 0.6 is 15.9 Å². The van der Waals surface area contributed by atoms with Gasteiger partial charge in [-0.2, -0.15) is 8.78 Å². The minimum absolute atomic E-state index is 0.211. The van der Waals surface area contributed by atoms with Crippen molar-refractivity contribution in [2.45, 2.75) is 19.0 Å². The highest BCUT2D eigenvalue weighted by Crippen LogP contribution is 2.38. The Balaban J connectivity index is 2.06. The van der Waals surface area contributed by atoms with E-state index in [9.17, 15) is 8.78 Å². The van der Waals surface area contributed by atoms with Gasteiger partial charge in [0.15, 0.2) is 0 Å². The molecule has 0 unspecified atom stereocenters. The molecule has 1 heterocycles. The number of halogens is 3. The van der Waals surface area contributed by atoms with Gasteiger partial charge >= 0.3 is 6.61 Å². The fourth-order valence-corrected chi connectivity index (χ4v) is 3.36. The number of rotatable bonds is 4. The van der Waals surface area contributed by atoms with Gasteiger partial charge in [0.2, 0.25) is 0 Å². The Morgan fingerprint density at radius 1 is 1.17 bits per heavy atom. The molecule has 1 N–H and O–H groups in total. The minimum Gasteiger partial charge on any atom is -0.435 e. The fraction of sp³-hybridized carbons (Fsp3) is 0.222. The molecule has 1 atom stereocenters. The summed E-state index contributed by atoms with van der Waals surface area (Å²) in [6, 6.07) is 13.5. The van der Waals surface area contributed by atoms with Crippen molar-refractivity contribution in [3.05, 3.63) is 75.9 Å². The maximum Gasteiger partial charge on any atom is 0.387 e. The molecule has 1 aliphatic heterocycles. The molecule has 120 valence electrons. The number of hydrogen-bond donors (Lipinski definition) is 1. The average Bonchev–Trinajstić information content (AvgIpc) is 3.00. The molecule has 0 saturated heterocycles. The van der Waals surface area contributed by atoms with Gasteiger partial charge in [0, 0.05) is 11.0 Å². The topological polar surface area (TPSA) is 21.3 Å². The van der Waals surface area contributed by atoms with E-state index in [0.717, 1.165) is 22.1 Å². The van der Waals surface area contributed by atoms with Crippen LogP contribution in [0.1, 0.15) is 16.7 Å². The average molecular weight is 380 g/mol. The Hall–Kier alpha value is -1.88. The second kappa shape index (κ2) is 6.32. The van der Waals surface area contributed by atoms with Gasteiger partial charge in [0.25, 0.3) is 0 Å². The van der Waals surface area contributed by atoms with E-state index in [2.05, 4.69) is 44.2 Å². The summed E-state index contributed by atoms with van der Waals surface area (Å²) in [4.78, 5) is 0. The minimum atomic E-state index is -2.81. The lowest BCUT2D eigenvalue weighted by molar-refractivity contribution is -0.0503. The fourth-order valence-electron chi connectivity index (χ4n) is 2.96. The SMILES string of the molecule is Cc1cc([C@@]2(c3cccc(Br)c3)C=CNC2)ccc1OC(F)F. The highest BCUT2D eigenvalue weighted by atomic mass is 79.9. The van der Waals surface area contributed by atoms with E-state index < -0.39 is 6.61 Å². The quantitative estimate of drug-likeness (QED) is 0.826. The van der Waals surface area contributed by atoms with Gasteiger partial charge in [-0.1, -0.05) is 46.3 Å². The molecule has 5 heteroatoms. The van der Waals surface area contributed by atoms with Crippen LogP contribution in [0.2, 0.25) is 0 Å². The normalized spacial score (nSPS) is 19.9. The van der Waals surface area contributed by atoms with Crippen LogP contribution in [0.25, 0.3) is 0 Å². The maximum atomic E-state index is 12.4. The number of benzene rings is 2. The summed E-state index contributed by atoms with van der Waals surface area (Å²) in [5.74, 6) is 0.211. The highest BCUT2D eigenvalue weighted by molar-refractivity contribution is 9.10. The summed E-state index contributed by atoms with van der Waals surface area (Å²) in [6.07, 6.45) is 4.04. The molecule has 0 radical (unpaired) electrons. The lowest BCUT2D eigenvalue weighted by Gasteiger charge is -2.29. The van der Waals surface area contributed by atoms with Crippen molar-refractivity contribution in [2.75, 3.05) is 6.54 Å². The van der Waals surface area contributed by atoms with Crippen LogP contribution < -0.4 is 10.1 Å². The Kier molecular flexibility index (Phi) is 4.39. The van der Waals surface area contributed by atoms with Crippen LogP contribution in [0.5, 0.6) is 5.75 Å². The Morgan fingerprint density at radius 2 is 1.96 bits per heavy atom. The number of nitrogens with one attached hydrogen (secondary N) is 1. The van der Waals surface area contributed by atoms with E-state index in [-0.39, 0.29) is 11.2 Å². The zero-order chi connectivity index (χ0) is 16.4. The van der Waals surface area contributed by atoms with Crippen molar-refractivity contribution in [1.29, 1.82) is 0 Å². The molecule has 0 saturated carbocycles. The Morgan fingerprint density at radius 3 is 2.57 bits per heavy atom.